The molecule has 1 aliphatic rings. The van der Waals surface area contributed by atoms with E-state index in [1.807, 2.05) is 6.07 Å². The van der Waals surface area contributed by atoms with Crippen LogP contribution in [0.4, 0.5) is 0 Å². The molecule has 3 rings (SSSR count). The maximum Gasteiger partial charge on any atom is 0.240 e. The Morgan fingerprint density at radius 3 is 2.71 bits per heavy atom. The fourth-order valence-electron chi connectivity index (χ4n) is 3.19. The molecule has 1 aliphatic heterocycles. The zero-order chi connectivity index (χ0) is 17.1. The van der Waals surface area contributed by atoms with Crippen LogP contribution in [-0.2, 0) is 6.54 Å². The smallest absolute Gasteiger partial charge is 0.240 e. The number of nitrogens with zero attached hydrogens (tertiary/aromatic N) is 3. The molecule has 0 amide bonds. The number of hydrogen-bond donors (Lipinski definition) is 0. The van der Waals surface area contributed by atoms with E-state index in [2.05, 4.69) is 41.0 Å². The predicted molar refractivity (Wildman–Crippen MR) is 90.3 cm³/mol. The first kappa shape index (κ1) is 16.8. The van der Waals surface area contributed by atoms with E-state index in [4.69, 9.17) is 14.0 Å². The molecule has 0 saturated carbocycles. The average molecular weight is 331 g/mol. The van der Waals surface area contributed by atoms with Gasteiger partial charge < -0.3 is 14.0 Å². The third-order valence-corrected chi connectivity index (χ3v) is 4.49. The van der Waals surface area contributed by atoms with E-state index >= 15 is 0 Å². The van der Waals surface area contributed by atoms with Crippen LogP contribution in [-0.4, -0.2) is 35.8 Å². The summed E-state index contributed by atoms with van der Waals surface area (Å²) in [6.07, 6.45) is 2.27. The van der Waals surface area contributed by atoms with E-state index in [0.717, 1.165) is 36.7 Å². The monoisotopic (exact) mass is 331 g/mol. The van der Waals surface area contributed by atoms with Crippen LogP contribution in [0.2, 0.25) is 0 Å². The standard InChI is InChI=1S/C18H25N3O3/c1-12(2)18-19-17(24-20-18)11-21-9-5-6-14(21)13-7-8-15(22-3)16(10-13)23-4/h7-8,10,12,14H,5-6,9,11H2,1-4H3/t14-/m0/s1. The molecule has 1 aromatic heterocycles. The molecule has 0 spiro atoms. The first-order valence-electron chi connectivity index (χ1n) is 8.40. The Balaban J connectivity index is 1.77. The second-order valence-electron chi connectivity index (χ2n) is 6.44. The molecule has 130 valence electrons. The minimum Gasteiger partial charge on any atom is -0.493 e. The molecule has 1 atom stereocenters. The minimum atomic E-state index is 0.280. The van der Waals surface area contributed by atoms with Gasteiger partial charge in [-0.3, -0.25) is 4.90 Å². The third-order valence-electron chi connectivity index (χ3n) is 4.49. The van der Waals surface area contributed by atoms with E-state index in [9.17, 15) is 0 Å². The summed E-state index contributed by atoms with van der Waals surface area (Å²) in [6, 6.07) is 6.47. The number of benzene rings is 1. The summed E-state index contributed by atoms with van der Waals surface area (Å²) in [5.41, 5.74) is 1.23. The molecule has 1 saturated heterocycles. The van der Waals surface area contributed by atoms with E-state index in [1.165, 1.54) is 5.56 Å². The molecular weight excluding hydrogens is 306 g/mol. The lowest BCUT2D eigenvalue weighted by molar-refractivity contribution is 0.211. The van der Waals surface area contributed by atoms with Crippen LogP contribution in [0.1, 0.15) is 55.9 Å². The topological polar surface area (TPSA) is 60.6 Å². The number of hydrogen-bond acceptors (Lipinski definition) is 6. The Morgan fingerprint density at radius 2 is 2.04 bits per heavy atom. The molecule has 1 aromatic carbocycles. The van der Waals surface area contributed by atoms with Gasteiger partial charge >= 0.3 is 0 Å². The van der Waals surface area contributed by atoms with Crippen molar-refractivity contribution in [2.45, 2.75) is 45.2 Å². The Hall–Kier alpha value is -2.08. The molecule has 2 aromatic rings. The van der Waals surface area contributed by atoms with Crippen molar-refractivity contribution in [1.29, 1.82) is 0 Å². The lowest BCUT2D eigenvalue weighted by Crippen LogP contribution is -2.23. The summed E-state index contributed by atoms with van der Waals surface area (Å²) in [5.74, 6) is 3.26. The van der Waals surface area contributed by atoms with Crippen LogP contribution in [0.3, 0.4) is 0 Å². The Morgan fingerprint density at radius 1 is 1.25 bits per heavy atom. The Bertz CT molecular complexity index is 684. The molecule has 1 fully saturated rings. The number of methoxy groups -OCH3 is 2. The fraction of sp³-hybridized carbons (Fsp3) is 0.556. The average Bonchev–Trinajstić information content (AvgIpc) is 3.24. The van der Waals surface area contributed by atoms with Crippen molar-refractivity contribution in [3.05, 3.63) is 35.5 Å². The van der Waals surface area contributed by atoms with Crippen LogP contribution in [0.5, 0.6) is 11.5 Å². The lowest BCUT2D eigenvalue weighted by Gasteiger charge is -2.24. The van der Waals surface area contributed by atoms with Crippen molar-refractivity contribution >= 4 is 0 Å². The molecule has 0 bridgehead atoms. The summed E-state index contributed by atoms with van der Waals surface area (Å²) in [5, 5.41) is 4.06. The second kappa shape index (κ2) is 7.21. The summed E-state index contributed by atoms with van der Waals surface area (Å²) >= 11 is 0. The van der Waals surface area contributed by atoms with E-state index in [1.54, 1.807) is 14.2 Å². The maximum absolute atomic E-state index is 5.44. The highest BCUT2D eigenvalue weighted by Gasteiger charge is 2.28. The highest BCUT2D eigenvalue weighted by atomic mass is 16.5. The van der Waals surface area contributed by atoms with E-state index < -0.39 is 0 Å². The molecule has 0 aliphatic carbocycles. The number of rotatable bonds is 6. The summed E-state index contributed by atoms with van der Waals surface area (Å²) < 4.78 is 16.2. The Kier molecular flexibility index (Phi) is 5.04. The van der Waals surface area contributed by atoms with Gasteiger partial charge in [0.15, 0.2) is 17.3 Å². The van der Waals surface area contributed by atoms with E-state index in [0.29, 0.717) is 18.5 Å². The van der Waals surface area contributed by atoms with Crippen LogP contribution in [0, 0.1) is 0 Å². The van der Waals surface area contributed by atoms with Gasteiger partial charge in [0.2, 0.25) is 5.89 Å². The maximum atomic E-state index is 5.44. The highest BCUT2D eigenvalue weighted by molar-refractivity contribution is 5.44. The van der Waals surface area contributed by atoms with Crippen LogP contribution in [0.15, 0.2) is 22.7 Å². The van der Waals surface area contributed by atoms with Gasteiger partial charge in [-0.15, -0.1) is 0 Å². The quantitative estimate of drug-likeness (QED) is 0.807. The summed E-state index contributed by atoms with van der Waals surface area (Å²) in [4.78, 5) is 6.89. The van der Waals surface area contributed by atoms with Gasteiger partial charge in [0.05, 0.1) is 20.8 Å². The second-order valence-corrected chi connectivity index (χ2v) is 6.44. The van der Waals surface area contributed by atoms with Crippen molar-refractivity contribution in [3.8, 4) is 11.5 Å². The van der Waals surface area contributed by atoms with Gasteiger partial charge in [-0.05, 0) is 37.1 Å². The van der Waals surface area contributed by atoms with Gasteiger partial charge in [0.1, 0.15) is 0 Å². The van der Waals surface area contributed by atoms with Crippen molar-refractivity contribution in [1.82, 2.24) is 15.0 Å². The molecule has 6 heteroatoms. The number of likely N-dealkylation sites (tertiary alicyclic amines) is 1. The number of ether oxygens (including phenoxy) is 2. The molecule has 2 heterocycles. The molecular formula is C18H25N3O3. The normalized spacial score (nSPS) is 18.3. The van der Waals surface area contributed by atoms with Crippen LogP contribution < -0.4 is 9.47 Å². The highest BCUT2D eigenvalue weighted by Crippen LogP contribution is 2.37. The summed E-state index contributed by atoms with van der Waals surface area (Å²) in [7, 11) is 3.32. The first-order chi connectivity index (χ1) is 11.6. The largest absolute Gasteiger partial charge is 0.493 e. The van der Waals surface area contributed by atoms with Crippen molar-refractivity contribution in [2.24, 2.45) is 0 Å². The molecule has 0 unspecified atom stereocenters. The van der Waals surface area contributed by atoms with E-state index in [-0.39, 0.29) is 5.92 Å². The lowest BCUT2D eigenvalue weighted by atomic mass is 10.0. The molecule has 24 heavy (non-hydrogen) atoms. The van der Waals surface area contributed by atoms with Gasteiger partial charge in [-0.25, -0.2) is 0 Å². The first-order valence-corrected chi connectivity index (χ1v) is 8.40. The molecule has 0 N–H and O–H groups in total. The van der Waals surface area contributed by atoms with Crippen molar-refractivity contribution in [2.75, 3.05) is 20.8 Å². The zero-order valence-corrected chi connectivity index (χ0v) is 14.8. The third kappa shape index (κ3) is 3.38. The van der Waals surface area contributed by atoms with Crippen LogP contribution in [0.25, 0.3) is 0 Å². The van der Waals surface area contributed by atoms with Gasteiger partial charge in [-0.2, -0.15) is 4.98 Å². The number of aromatic nitrogens is 2. The molecule has 6 nitrogen and oxygen atoms in total. The predicted octanol–water partition coefficient (Wildman–Crippen LogP) is 3.55. The zero-order valence-electron chi connectivity index (χ0n) is 14.8. The van der Waals surface area contributed by atoms with Crippen LogP contribution >= 0.6 is 0 Å². The summed E-state index contributed by atoms with van der Waals surface area (Å²) in [6.45, 7) is 5.84. The molecule has 0 radical (unpaired) electrons. The SMILES string of the molecule is COc1ccc([C@@H]2CCCN2Cc2nc(C(C)C)no2)cc1OC. The minimum absolute atomic E-state index is 0.280. The van der Waals surface area contributed by atoms with Gasteiger partial charge in [0, 0.05) is 12.0 Å². The van der Waals surface area contributed by atoms with Gasteiger partial charge in [0.25, 0.3) is 0 Å². The van der Waals surface area contributed by atoms with Crippen molar-refractivity contribution in [3.63, 3.8) is 0 Å². The van der Waals surface area contributed by atoms with Crippen molar-refractivity contribution < 1.29 is 14.0 Å². The van der Waals surface area contributed by atoms with Gasteiger partial charge in [-0.1, -0.05) is 25.1 Å². The fourth-order valence-corrected chi connectivity index (χ4v) is 3.19. The Labute approximate surface area is 142 Å².